The third-order valence-corrected chi connectivity index (χ3v) is 5.69. The summed E-state index contributed by atoms with van der Waals surface area (Å²) < 4.78 is 11.2. The van der Waals surface area contributed by atoms with Gasteiger partial charge in [-0.25, -0.2) is 0 Å². The summed E-state index contributed by atoms with van der Waals surface area (Å²) in [7, 11) is 0. The van der Waals surface area contributed by atoms with Gasteiger partial charge in [-0.2, -0.15) is 0 Å². The van der Waals surface area contributed by atoms with Gasteiger partial charge >= 0.3 is 0 Å². The molecule has 0 unspecified atom stereocenters. The number of benzene rings is 5. The van der Waals surface area contributed by atoms with Crippen LogP contribution in [0.2, 0.25) is 0 Å². The molecule has 1 aliphatic heterocycles. The molecule has 5 aromatic carbocycles. The zero-order valence-electron chi connectivity index (χ0n) is 17.8. The molecule has 0 spiro atoms. The average molecular weight is 422 g/mol. The maximum atomic E-state index is 5.58. The Balaban J connectivity index is 1.40. The lowest BCUT2D eigenvalue weighted by molar-refractivity contribution is 0.174. The summed E-state index contributed by atoms with van der Waals surface area (Å²) in [4.78, 5) is 0. The summed E-state index contributed by atoms with van der Waals surface area (Å²) >= 11 is 0. The van der Waals surface area contributed by atoms with Crippen molar-refractivity contribution in [1.29, 1.82) is 0 Å². The van der Waals surface area contributed by atoms with Crippen molar-refractivity contribution in [3.8, 4) is 35.2 Å². The van der Waals surface area contributed by atoms with Crippen molar-refractivity contribution in [2.75, 3.05) is 6.79 Å². The van der Waals surface area contributed by atoms with E-state index in [2.05, 4.69) is 72.2 Å². The van der Waals surface area contributed by atoms with Crippen LogP contribution in [0.25, 0.3) is 21.5 Å². The van der Waals surface area contributed by atoms with Crippen molar-refractivity contribution in [3.63, 3.8) is 0 Å². The largest absolute Gasteiger partial charge is 0.454 e. The van der Waals surface area contributed by atoms with E-state index in [1.807, 2.05) is 48.5 Å². The lowest BCUT2D eigenvalue weighted by atomic mass is 10.0. The van der Waals surface area contributed by atoms with Crippen LogP contribution >= 0.6 is 0 Å². The van der Waals surface area contributed by atoms with E-state index in [0.717, 1.165) is 22.3 Å². The van der Waals surface area contributed by atoms with Gasteiger partial charge in [0.15, 0.2) is 11.5 Å². The molecule has 0 fully saturated rings. The van der Waals surface area contributed by atoms with Crippen LogP contribution in [0.15, 0.2) is 97.1 Å². The van der Waals surface area contributed by atoms with Crippen molar-refractivity contribution < 1.29 is 9.47 Å². The first-order valence-corrected chi connectivity index (χ1v) is 10.8. The molecule has 0 aliphatic carbocycles. The summed E-state index contributed by atoms with van der Waals surface area (Å²) in [6.07, 6.45) is 0. The Morgan fingerprint density at radius 2 is 0.909 bits per heavy atom. The van der Waals surface area contributed by atoms with Crippen LogP contribution in [-0.2, 0) is 0 Å². The highest BCUT2D eigenvalue weighted by Crippen LogP contribution is 2.34. The van der Waals surface area contributed by atoms with Crippen LogP contribution in [0.5, 0.6) is 11.5 Å². The van der Waals surface area contributed by atoms with Crippen LogP contribution in [0.3, 0.4) is 0 Å². The first-order valence-electron chi connectivity index (χ1n) is 10.8. The lowest BCUT2D eigenvalue weighted by Crippen LogP contribution is -1.92. The zero-order valence-corrected chi connectivity index (χ0v) is 17.8. The van der Waals surface area contributed by atoms with Crippen molar-refractivity contribution in [2.45, 2.75) is 0 Å². The summed E-state index contributed by atoms with van der Waals surface area (Å²) in [5.74, 6) is 14.6. The Morgan fingerprint density at radius 1 is 0.455 bits per heavy atom. The summed E-state index contributed by atoms with van der Waals surface area (Å²) in [6, 6.07) is 32.9. The van der Waals surface area contributed by atoms with E-state index in [9.17, 15) is 0 Å². The van der Waals surface area contributed by atoms with Gasteiger partial charge in [0.05, 0.1) is 0 Å². The van der Waals surface area contributed by atoms with Gasteiger partial charge in [0, 0.05) is 34.4 Å². The van der Waals surface area contributed by atoms with Gasteiger partial charge in [-0.05, 0) is 45.8 Å². The Bertz CT molecular complexity index is 1530. The standard InChI is InChI=1S/C31H18O2/c1-3-7-26-17-22(9-13-24(26)5-1)11-15-28-19-30-31(33-21-32-30)20-29(28)16-12-23-10-14-25-6-2-4-8-27(25)18-23/h1-10,13-14,17-20H,21H2. The Labute approximate surface area is 192 Å². The molecule has 0 saturated carbocycles. The van der Waals surface area contributed by atoms with Crippen molar-refractivity contribution >= 4 is 21.5 Å². The predicted octanol–water partition coefficient (Wildman–Crippen LogP) is 6.52. The lowest BCUT2D eigenvalue weighted by Gasteiger charge is -2.02. The van der Waals surface area contributed by atoms with Gasteiger partial charge in [-0.1, -0.05) is 84.3 Å². The topological polar surface area (TPSA) is 18.5 Å². The zero-order chi connectivity index (χ0) is 22.0. The fourth-order valence-electron chi connectivity index (χ4n) is 3.96. The van der Waals surface area contributed by atoms with Crippen LogP contribution in [0.1, 0.15) is 22.3 Å². The van der Waals surface area contributed by atoms with E-state index in [4.69, 9.17) is 9.47 Å². The summed E-state index contributed by atoms with van der Waals surface area (Å²) in [5.41, 5.74) is 3.56. The molecule has 154 valence electrons. The van der Waals surface area contributed by atoms with E-state index < -0.39 is 0 Å². The van der Waals surface area contributed by atoms with Crippen molar-refractivity contribution in [2.24, 2.45) is 0 Å². The molecule has 0 radical (unpaired) electrons. The van der Waals surface area contributed by atoms with Crippen LogP contribution < -0.4 is 9.47 Å². The van der Waals surface area contributed by atoms with Gasteiger partial charge in [-0.3, -0.25) is 0 Å². The normalized spacial score (nSPS) is 11.5. The summed E-state index contributed by atoms with van der Waals surface area (Å²) in [6.45, 7) is 0.217. The minimum Gasteiger partial charge on any atom is -0.454 e. The highest BCUT2D eigenvalue weighted by Gasteiger charge is 2.16. The average Bonchev–Trinajstić information content (AvgIpc) is 3.33. The Morgan fingerprint density at radius 3 is 1.39 bits per heavy atom. The van der Waals surface area contributed by atoms with Gasteiger partial charge in [-0.15, -0.1) is 0 Å². The van der Waals surface area contributed by atoms with Gasteiger partial charge in [0.2, 0.25) is 6.79 Å². The number of hydrogen-bond donors (Lipinski definition) is 0. The molecule has 0 N–H and O–H groups in total. The number of ether oxygens (including phenoxy) is 2. The molecule has 6 rings (SSSR count). The molecule has 2 heteroatoms. The first kappa shape index (κ1) is 19.1. The molecule has 0 amide bonds. The number of fused-ring (bicyclic) bond motifs is 3. The highest BCUT2D eigenvalue weighted by molar-refractivity contribution is 5.84. The SMILES string of the molecule is C(#Cc1cc2c(cc1C#Cc1ccc3ccccc3c1)OCO2)c1ccc2ccccc2c1. The first-order chi connectivity index (χ1) is 16.3. The van der Waals surface area contributed by atoms with E-state index in [1.54, 1.807) is 0 Å². The molecule has 2 nitrogen and oxygen atoms in total. The van der Waals surface area contributed by atoms with Gasteiger partial charge in [0.25, 0.3) is 0 Å². The molecule has 1 heterocycles. The molecular weight excluding hydrogens is 404 g/mol. The van der Waals surface area contributed by atoms with Gasteiger partial charge < -0.3 is 9.47 Å². The summed E-state index contributed by atoms with van der Waals surface area (Å²) in [5, 5.41) is 4.75. The smallest absolute Gasteiger partial charge is 0.231 e. The quantitative estimate of drug-likeness (QED) is 0.265. The van der Waals surface area contributed by atoms with Gasteiger partial charge in [0.1, 0.15) is 0 Å². The number of hydrogen-bond acceptors (Lipinski definition) is 2. The molecule has 33 heavy (non-hydrogen) atoms. The molecule has 0 saturated heterocycles. The van der Waals surface area contributed by atoms with E-state index in [1.165, 1.54) is 21.5 Å². The van der Waals surface area contributed by atoms with E-state index in [-0.39, 0.29) is 6.79 Å². The third kappa shape index (κ3) is 3.87. The second-order valence-corrected chi connectivity index (χ2v) is 7.87. The molecule has 0 bridgehead atoms. The minimum atomic E-state index is 0.217. The maximum absolute atomic E-state index is 5.58. The Hall–Kier alpha value is -4.66. The molecule has 0 atom stereocenters. The molecule has 5 aromatic rings. The number of rotatable bonds is 0. The second-order valence-electron chi connectivity index (χ2n) is 7.87. The van der Waals surface area contributed by atoms with E-state index >= 15 is 0 Å². The van der Waals surface area contributed by atoms with Crippen molar-refractivity contribution in [1.82, 2.24) is 0 Å². The predicted molar refractivity (Wildman–Crippen MR) is 132 cm³/mol. The van der Waals surface area contributed by atoms with Crippen molar-refractivity contribution in [3.05, 3.63) is 119 Å². The van der Waals surface area contributed by atoms with Crippen LogP contribution in [-0.4, -0.2) is 6.79 Å². The highest BCUT2D eigenvalue weighted by atomic mass is 16.7. The molecule has 1 aliphatic rings. The second kappa shape index (κ2) is 8.12. The minimum absolute atomic E-state index is 0.217. The van der Waals surface area contributed by atoms with Crippen LogP contribution in [0, 0.1) is 23.7 Å². The van der Waals surface area contributed by atoms with E-state index in [0.29, 0.717) is 11.5 Å². The fraction of sp³-hybridized carbons (Fsp3) is 0.0323. The maximum Gasteiger partial charge on any atom is 0.231 e. The Kier molecular flexibility index (Phi) is 4.69. The molecular formula is C31H18O2. The van der Waals surface area contributed by atoms with Crippen LogP contribution in [0.4, 0.5) is 0 Å². The monoisotopic (exact) mass is 422 g/mol. The third-order valence-electron chi connectivity index (χ3n) is 5.69. The fourth-order valence-corrected chi connectivity index (χ4v) is 3.96. The molecule has 0 aromatic heterocycles.